The van der Waals surface area contributed by atoms with E-state index in [2.05, 4.69) is 15.8 Å². The number of carboxylic acids is 1. The number of aromatic nitrogens is 1. The molecule has 0 aliphatic carbocycles. The number of aryl methyl sites for hydroxylation is 1. The number of hydrogen-bond donors (Lipinski definition) is 4. The zero-order valence-corrected chi connectivity index (χ0v) is 19.7. The summed E-state index contributed by atoms with van der Waals surface area (Å²) < 4.78 is 17.6. The van der Waals surface area contributed by atoms with Crippen LogP contribution >= 0.6 is 7.37 Å². The number of nitrogens with zero attached hydrogens (tertiary/aromatic N) is 1. The highest BCUT2D eigenvalue weighted by Gasteiger charge is 2.32. The van der Waals surface area contributed by atoms with Crippen LogP contribution in [0.1, 0.15) is 42.1 Å². The van der Waals surface area contributed by atoms with Crippen LogP contribution in [0.2, 0.25) is 0 Å². The Bertz CT molecular complexity index is 1010. The predicted octanol–water partition coefficient (Wildman–Crippen LogP) is 2.42. The third kappa shape index (κ3) is 8.82. The Kier molecular flexibility index (Phi) is 9.37. The van der Waals surface area contributed by atoms with Crippen molar-refractivity contribution in [2.75, 3.05) is 12.4 Å². The summed E-state index contributed by atoms with van der Waals surface area (Å²) in [5.41, 5.74) is 1.23. The molecule has 2 aromatic rings. The monoisotopic (exact) mass is 479 g/mol. The number of carbonyl (C=O) groups is 3. The van der Waals surface area contributed by atoms with Gasteiger partial charge in [0.2, 0.25) is 19.0 Å². The molecule has 0 fully saturated rings. The molecule has 1 aromatic heterocycles. The molecule has 2 amide bonds. The van der Waals surface area contributed by atoms with Crippen LogP contribution in [-0.4, -0.2) is 51.4 Å². The fourth-order valence-corrected chi connectivity index (χ4v) is 4.86. The topological polar surface area (TPSA) is 159 Å². The smallest absolute Gasteiger partial charge is 0.326 e. The second-order valence-corrected chi connectivity index (χ2v) is 10.8. The predicted molar refractivity (Wildman–Crippen MR) is 121 cm³/mol. The van der Waals surface area contributed by atoms with E-state index in [1.807, 2.05) is 13.8 Å². The normalized spacial score (nSPS) is 14.8. The van der Waals surface area contributed by atoms with Gasteiger partial charge >= 0.3 is 5.97 Å². The second kappa shape index (κ2) is 11.8. The van der Waals surface area contributed by atoms with E-state index < -0.39 is 49.6 Å². The molecule has 1 heterocycles. The Balaban J connectivity index is 2.04. The van der Waals surface area contributed by atoms with E-state index in [9.17, 15) is 28.9 Å². The lowest BCUT2D eigenvalue weighted by molar-refractivity contribution is -0.142. The van der Waals surface area contributed by atoms with Crippen LogP contribution in [0, 0.1) is 18.8 Å². The SMILES string of the molecule is Cc1cc(C(=O)NCP(=O)(O)CC(CC(C)C)C(=O)N[C@@H](Cc2ccccc2)C(=O)O)on1. The summed E-state index contributed by atoms with van der Waals surface area (Å²) in [7, 11) is -3.96. The Morgan fingerprint density at radius 1 is 1.18 bits per heavy atom. The molecule has 0 spiro atoms. The number of carboxylic acid groups (broad SMARTS) is 1. The molecule has 2 rings (SSSR count). The van der Waals surface area contributed by atoms with Gasteiger partial charge in [0.1, 0.15) is 6.04 Å². The van der Waals surface area contributed by atoms with E-state index in [1.54, 1.807) is 37.3 Å². The largest absolute Gasteiger partial charge is 0.480 e. The number of hydrogen-bond acceptors (Lipinski definition) is 6. The first-order chi connectivity index (χ1) is 15.5. The Hall–Kier alpha value is -2.97. The molecule has 4 N–H and O–H groups in total. The van der Waals surface area contributed by atoms with Crippen LogP contribution in [0.5, 0.6) is 0 Å². The van der Waals surface area contributed by atoms with Gasteiger partial charge in [-0.1, -0.05) is 49.3 Å². The summed E-state index contributed by atoms with van der Waals surface area (Å²) >= 11 is 0. The van der Waals surface area contributed by atoms with E-state index in [4.69, 9.17) is 4.52 Å². The molecule has 10 nitrogen and oxygen atoms in total. The fraction of sp³-hybridized carbons (Fsp3) is 0.455. The molecule has 0 radical (unpaired) electrons. The Morgan fingerprint density at radius 3 is 2.39 bits per heavy atom. The number of amides is 2. The van der Waals surface area contributed by atoms with Gasteiger partial charge in [-0.25, -0.2) is 4.79 Å². The highest BCUT2D eigenvalue weighted by atomic mass is 31.2. The van der Waals surface area contributed by atoms with Crippen LogP contribution in [0.25, 0.3) is 0 Å². The molecule has 0 saturated heterocycles. The van der Waals surface area contributed by atoms with Gasteiger partial charge in [-0.3, -0.25) is 14.2 Å². The van der Waals surface area contributed by atoms with Crippen molar-refractivity contribution in [1.29, 1.82) is 0 Å². The first-order valence-electron chi connectivity index (χ1n) is 10.6. The summed E-state index contributed by atoms with van der Waals surface area (Å²) in [5.74, 6) is -3.47. The van der Waals surface area contributed by atoms with Gasteiger partial charge in [-0.05, 0) is 24.8 Å². The van der Waals surface area contributed by atoms with Crippen LogP contribution in [0.3, 0.4) is 0 Å². The molecule has 180 valence electrons. The van der Waals surface area contributed by atoms with Crippen molar-refractivity contribution in [2.45, 2.75) is 39.7 Å². The first-order valence-corrected chi connectivity index (χ1v) is 12.6. The number of carbonyl (C=O) groups excluding carboxylic acids is 2. The molecule has 0 aliphatic heterocycles. The fourth-order valence-electron chi connectivity index (χ4n) is 3.33. The van der Waals surface area contributed by atoms with Gasteiger partial charge in [0, 0.05) is 24.6 Å². The van der Waals surface area contributed by atoms with Gasteiger partial charge in [-0.2, -0.15) is 0 Å². The van der Waals surface area contributed by atoms with Crippen LogP contribution in [-0.2, 0) is 20.6 Å². The summed E-state index contributed by atoms with van der Waals surface area (Å²) in [5, 5.41) is 18.0. The van der Waals surface area contributed by atoms with Gasteiger partial charge in [0.25, 0.3) is 5.91 Å². The Labute approximate surface area is 192 Å². The first kappa shape index (κ1) is 26.3. The average molecular weight is 479 g/mol. The van der Waals surface area contributed by atoms with Crippen molar-refractivity contribution in [1.82, 2.24) is 15.8 Å². The third-order valence-electron chi connectivity index (χ3n) is 4.87. The molecular formula is C22H30N3O7P. The number of aliphatic carboxylic acids is 1. The minimum atomic E-state index is -3.96. The molecule has 2 unspecified atom stereocenters. The summed E-state index contributed by atoms with van der Waals surface area (Å²) in [4.78, 5) is 47.1. The Morgan fingerprint density at radius 2 is 1.85 bits per heavy atom. The van der Waals surface area contributed by atoms with Crippen molar-refractivity contribution in [3.05, 3.63) is 53.4 Å². The van der Waals surface area contributed by atoms with Crippen LogP contribution in [0.4, 0.5) is 0 Å². The molecule has 11 heteroatoms. The maximum absolute atomic E-state index is 12.9. The molecular weight excluding hydrogens is 449 g/mol. The van der Waals surface area contributed by atoms with Gasteiger partial charge < -0.3 is 25.2 Å². The van der Waals surface area contributed by atoms with Gasteiger partial charge in [-0.15, -0.1) is 0 Å². The highest BCUT2D eigenvalue weighted by Crippen LogP contribution is 2.42. The van der Waals surface area contributed by atoms with Crippen LogP contribution in [0.15, 0.2) is 40.9 Å². The van der Waals surface area contributed by atoms with E-state index in [-0.39, 0.29) is 24.5 Å². The van der Waals surface area contributed by atoms with Gasteiger partial charge in [0.15, 0.2) is 0 Å². The van der Waals surface area contributed by atoms with Gasteiger partial charge in [0.05, 0.1) is 12.0 Å². The zero-order valence-electron chi connectivity index (χ0n) is 18.9. The quantitative estimate of drug-likeness (QED) is 0.338. The zero-order chi connectivity index (χ0) is 24.6. The summed E-state index contributed by atoms with van der Waals surface area (Å²) in [6, 6.07) is 9.08. The lowest BCUT2D eigenvalue weighted by Crippen LogP contribution is -2.46. The summed E-state index contributed by atoms with van der Waals surface area (Å²) in [6.07, 6.45) is -0.590. The van der Waals surface area contributed by atoms with Crippen LogP contribution < -0.4 is 10.6 Å². The van der Waals surface area contributed by atoms with E-state index in [1.165, 1.54) is 6.07 Å². The van der Waals surface area contributed by atoms with Crippen molar-refractivity contribution >= 4 is 25.2 Å². The van der Waals surface area contributed by atoms with Crippen molar-refractivity contribution in [3.63, 3.8) is 0 Å². The summed E-state index contributed by atoms with van der Waals surface area (Å²) in [6.45, 7) is 5.35. The number of benzene rings is 1. The molecule has 0 bridgehead atoms. The maximum atomic E-state index is 12.9. The minimum Gasteiger partial charge on any atom is -0.480 e. The average Bonchev–Trinajstić information content (AvgIpc) is 3.17. The van der Waals surface area contributed by atoms with Crippen molar-refractivity contribution < 1.29 is 33.5 Å². The lowest BCUT2D eigenvalue weighted by atomic mass is 9.97. The van der Waals surface area contributed by atoms with Crippen molar-refractivity contribution in [3.8, 4) is 0 Å². The second-order valence-electron chi connectivity index (χ2n) is 8.44. The number of rotatable bonds is 12. The lowest BCUT2D eigenvalue weighted by Gasteiger charge is -2.24. The maximum Gasteiger partial charge on any atom is 0.326 e. The molecule has 3 atom stereocenters. The van der Waals surface area contributed by atoms with E-state index in [0.29, 0.717) is 5.69 Å². The van der Waals surface area contributed by atoms with E-state index >= 15 is 0 Å². The molecule has 33 heavy (non-hydrogen) atoms. The highest BCUT2D eigenvalue weighted by molar-refractivity contribution is 7.58. The standard InChI is InChI=1S/C22H30N3O7P/c1-14(2)9-17(12-33(30,31)13-23-21(27)19-10-15(3)25-32-19)20(26)24-18(22(28)29)11-16-7-5-4-6-8-16/h4-8,10,14,17-18H,9,11-13H2,1-3H3,(H,23,27)(H,24,26)(H,28,29)(H,30,31)/t17?,18-/m0/s1. The number of nitrogens with one attached hydrogen (secondary N) is 2. The van der Waals surface area contributed by atoms with Crippen molar-refractivity contribution in [2.24, 2.45) is 11.8 Å². The van der Waals surface area contributed by atoms with E-state index in [0.717, 1.165) is 5.56 Å². The molecule has 0 saturated carbocycles. The third-order valence-corrected chi connectivity index (χ3v) is 6.53. The molecule has 1 aromatic carbocycles. The molecule has 0 aliphatic rings. The minimum absolute atomic E-state index is 0.0184.